The van der Waals surface area contributed by atoms with Gasteiger partial charge in [0.1, 0.15) is 22.6 Å². The molecule has 0 saturated carbocycles. The molecule has 35 heavy (non-hydrogen) atoms. The third kappa shape index (κ3) is 4.90. The number of nitrogens with zero attached hydrogens (tertiary/aromatic N) is 5. The number of carbonyl (C=O) groups is 1. The number of ether oxygens (including phenoxy) is 1. The second kappa shape index (κ2) is 9.23. The van der Waals surface area contributed by atoms with E-state index >= 15 is 0 Å². The molecule has 5 rings (SSSR count). The number of hydrogen-bond acceptors (Lipinski definition) is 7. The molecule has 1 aliphatic heterocycles. The first-order valence-electron chi connectivity index (χ1n) is 11.5. The van der Waals surface area contributed by atoms with E-state index in [0.29, 0.717) is 18.8 Å². The molecule has 2 atom stereocenters. The van der Waals surface area contributed by atoms with Gasteiger partial charge in [0, 0.05) is 29.6 Å². The molecule has 2 unspecified atom stereocenters. The lowest BCUT2D eigenvalue weighted by Crippen LogP contribution is -2.45. The smallest absolute Gasteiger partial charge is 0.411 e. The Balaban J connectivity index is 1.45. The number of nitrogens with two attached hydrogens (primary N) is 1. The fourth-order valence-electron chi connectivity index (χ4n) is 4.40. The topological polar surface area (TPSA) is 99.2 Å². The Morgan fingerprint density at radius 1 is 1.29 bits per heavy atom. The third-order valence-corrected chi connectivity index (χ3v) is 8.10. The predicted molar refractivity (Wildman–Crippen MR) is 141 cm³/mol. The molecule has 1 aromatic carbocycles. The van der Waals surface area contributed by atoms with Crippen molar-refractivity contribution in [2.24, 2.45) is 0 Å². The molecule has 182 valence electrons. The third-order valence-electron chi connectivity index (χ3n) is 6.04. The average Bonchev–Trinajstić information content (AvgIpc) is 3.49. The van der Waals surface area contributed by atoms with Gasteiger partial charge in [-0.15, -0.1) is 11.3 Å². The molecule has 4 heterocycles. The number of rotatable bonds is 3. The van der Waals surface area contributed by atoms with Gasteiger partial charge in [-0.1, -0.05) is 6.07 Å². The second-order valence-corrected chi connectivity index (χ2v) is 11.5. The van der Waals surface area contributed by atoms with E-state index in [2.05, 4.69) is 32.1 Å². The summed E-state index contributed by atoms with van der Waals surface area (Å²) in [5.41, 5.74) is 8.57. The Morgan fingerprint density at radius 3 is 2.83 bits per heavy atom. The van der Waals surface area contributed by atoms with Crippen LogP contribution in [0.5, 0.6) is 0 Å². The molecule has 2 N–H and O–H groups in total. The molecule has 0 bridgehead atoms. The molecule has 0 radical (unpaired) electrons. The summed E-state index contributed by atoms with van der Waals surface area (Å²) in [5, 5.41) is 5.27. The van der Waals surface area contributed by atoms with Gasteiger partial charge in [-0.3, -0.25) is 4.90 Å². The Kier molecular flexibility index (Phi) is 6.27. The first-order chi connectivity index (χ1) is 16.7. The highest BCUT2D eigenvalue weighted by Gasteiger charge is 2.36. The molecule has 1 fully saturated rings. The van der Waals surface area contributed by atoms with Crippen LogP contribution in [0.4, 0.5) is 10.6 Å². The van der Waals surface area contributed by atoms with E-state index < -0.39 is 5.60 Å². The lowest BCUT2D eigenvalue weighted by Gasteiger charge is -2.40. The Hall–Kier alpha value is -2.98. The summed E-state index contributed by atoms with van der Waals surface area (Å²) in [7, 11) is 0. The van der Waals surface area contributed by atoms with Gasteiger partial charge < -0.3 is 10.5 Å². The predicted octanol–water partition coefficient (Wildman–Crippen LogP) is 6.21. The van der Waals surface area contributed by atoms with Crippen molar-refractivity contribution in [3.05, 3.63) is 59.0 Å². The normalized spacial score (nSPS) is 18.7. The van der Waals surface area contributed by atoms with E-state index in [1.54, 1.807) is 22.4 Å². The zero-order valence-electron chi connectivity index (χ0n) is 19.8. The number of benzene rings is 1. The van der Waals surface area contributed by atoms with Crippen molar-refractivity contribution in [3.8, 4) is 10.6 Å². The van der Waals surface area contributed by atoms with E-state index in [1.807, 2.05) is 62.1 Å². The summed E-state index contributed by atoms with van der Waals surface area (Å²) in [6, 6.07) is 9.94. The van der Waals surface area contributed by atoms with Gasteiger partial charge in [0.15, 0.2) is 0 Å². The Morgan fingerprint density at radius 2 is 2.11 bits per heavy atom. The number of aromatic nitrogens is 4. The highest BCUT2D eigenvalue weighted by Crippen LogP contribution is 2.41. The summed E-state index contributed by atoms with van der Waals surface area (Å²) in [4.78, 5) is 24.1. The fourth-order valence-corrected chi connectivity index (χ4v) is 6.00. The van der Waals surface area contributed by atoms with Crippen molar-refractivity contribution in [1.82, 2.24) is 24.6 Å². The molecule has 4 aromatic rings. The van der Waals surface area contributed by atoms with Crippen LogP contribution in [-0.2, 0) is 4.74 Å². The average molecular weight is 556 g/mol. The minimum absolute atomic E-state index is 0.177. The summed E-state index contributed by atoms with van der Waals surface area (Å²) >= 11 is 5.21. The van der Waals surface area contributed by atoms with Gasteiger partial charge in [0.05, 0.1) is 15.8 Å². The Labute approximate surface area is 216 Å². The first kappa shape index (κ1) is 23.7. The number of carbonyl (C=O) groups excluding carboxylic acids is 1. The van der Waals surface area contributed by atoms with Gasteiger partial charge in [0.2, 0.25) is 0 Å². The SMILES string of the molecule is CC(C)(C)OC(=O)N1CCC(c2cnc(N)c(-c3nc4cccc(Br)c4s3)c2)CC1n1cccn1. The lowest BCUT2D eigenvalue weighted by atomic mass is 9.88. The monoisotopic (exact) mass is 554 g/mol. The number of nitrogen functional groups attached to an aromatic ring is 1. The van der Waals surface area contributed by atoms with Crippen molar-refractivity contribution in [2.45, 2.75) is 51.3 Å². The number of anilines is 1. The number of amides is 1. The maximum Gasteiger partial charge on any atom is 0.411 e. The van der Waals surface area contributed by atoms with Gasteiger partial charge in [0.25, 0.3) is 0 Å². The van der Waals surface area contributed by atoms with Crippen molar-refractivity contribution in [1.29, 1.82) is 0 Å². The largest absolute Gasteiger partial charge is 0.444 e. The summed E-state index contributed by atoms with van der Waals surface area (Å²) < 4.78 is 9.60. The molecule has 0 spiro atoms. The quantitative estimate of drug-likeness (QED) is 0.323. The number of pyridine rings is 1. The zero-order chi connectivity index (χ0) is 24.7. The van der Waals surface area contributed by atoms with E-state index in [1.165, 1.54) is 0 Å². The maximum atomic E-state index is 13.0. The molecule has 0 aliphatic carbocycles. The first-order valence-corrected chi connectivity index (χ1v) is 13.1. The molecular formula is C25H27BrN6O2S. The molecular weight excluding hydrogens is 528 g/mol. The molecule has 1 amide bonds. The van der Waals surface area contributed by atoms with Crippen LogP contribution >= 0.6 is 27.3 Å². The molecule has 10 heteroatoms. The lowest BCUT2D eigenvalue weighted by molar-refractivity contribution is -0.00614. The number of piperidine rings is 1. The summed E-state index contributed by atoms with van der Waals surface area (Å²) in [5.74, 6) is 0.634. The maximum absolute atomic E-state index is 13.0. The fraction of sp³-hybridized carbons (Fsp3) is 0.360. The molecule has 8 nitrogen and oxygen atoms in total. The van der Waals surface area contributed by atoms with Crippen LogP contribution in [0.3, 0.4) is 0 Å². The van der Waals surface area contributed by atoms with Crippen LogP contribution in [0.1, 0.15) is 51.3 Å². The number of likely N-dealkylation sites (tertiary alicyclic amines) is 1. The number of hydrogen-bond donors (Lipinski definition) is 1. The number of thiazole rings is 1. The van der Waals surface area contributed by atoms with Crippen LogP contribution in [0.2, 0.25) is 0 Å². The van der Waals surface area contributed by atoms with Gasteiger partial charge in [-0.2, -0.15) is 5.10 Å². The van der Waals surface area contributed by atoms with Crippen LogP contribution in [0, 0.1) is 0 Å². The van der Waals surface area contributed by atoms with E-state index in [0.717, 1.165) is 37.2 Å². The van der Waals surface area contributed by atoms with E-state index in [9.17, 15) is 4.79 Å². The van der Waals surface area contributed by atoms with Gasteiger partial charge in [-0.05, 0) is 85.3 Å². The standard InChI is InChI=1S/C25H27BrN6O2S/c1-25(2,3)34-24(33)31-11-8-15(13-20(31)32-10-5-9-29-32)16-12-17(22(27)28-14-16)23-30-19-7-4-6-18(26)21(19)35-23/h4-7,9-10,12,14-15,20H,8,11,13H2,1-3H3,(H2,27,28). The van der Waals surface area contributed by atoms with Crippen molar-refractivity contribution in [2.75, 3.05) is 12.3 Å². The minimum atomic E-state index is -0.565. The van der Waals surface area contributed by atoms with Crippen molar-refractivity contribution < 1.29 is 9.53 Å². The molecule has 3 aromatic heterocycles. The van der Waals surface area contributed by atoms with Gasteiger partial charge in [-0.25, -0.2) is 19.4 Å². The van der Waals surface area contributed by atoms with Crippen LogP contribution in [0.15, 0.2) is 53.4 Å². The van der Waals surface area contributed by atoms with Crippen LogP contribution in [0.25, 0.3) is 20.8 Å². The summed E-state index contributed by atoms with van der Waals surface area (Å²) in [6.45, 7) is 6.19. The highest BCUT2D eigenvalue weighted by molar-refractivity contribution is 9.10. The van der Waals surface area contributed by atoms with Crippen LogP contribution < -0.4 is 5.73 Å². The van der Waals surface area contributed by atoms with E-state index in [-0.39, 0.29) is 18.2 Å². The minimum Gasteiger partial charge on any atom is -0.444 e. The second-order valence-electron chi connectivity index (χ2n) is 9.67. The van der Waals surface area contributed by atoms with Crippen LogP contribution in [-0.4, -0.2) is 42.9 Å². The van der Waals surface area contributed by atoms with Crippen molar-refractivity contribution >= 4 is 49.4 Å². The van der Waals surface area contributed by atoms with E-state index in [4.69, 9.17) is 15.5 Å². The van der Waals surface area contributed by atoms with Crippen molar-refractivity contribution in [3.63, 3.8) is 0 Å². The zero-order valence-corrected chi connectivity index (χ0v) is 22.2. The molecule has 1 saturated heterocycles. The highest BCUT2D eigenvalue weighted by atomic mass is 79.9. The van der Waals surface area contributed by atoms with Gasteiger partial charge >= 0.3 is 6.09 Å². The number of halogens is 1. The number of fused-ring (bicyclic) bond motifs is 1. The molecule has 1 aliphatic rings. The Bertz CT molecular complexity index is 1360. The summed E-state index contributed by atoms with van der Waals surface area (Å²) in [6.07, 6.45) is 6.35.